The molecule has 0 fully saturated rings. The van der Waals surface area contributed by atoms with Crippen LogP contribution in [0.5, 0.6) is 0 Å². The van der Waals surface area contributed by atoms with Crippen molar-refractivity contribution in [2.75, 3.05) is 0 Å². The van der Waals surface area contributed by atoms with Gasteiger partial charge in [0, 0.05) is 28.1 Å². The molecule has 2 heterocycles. The topological polar surface area (TPSA) is 30.7 Å². The van der Waals surface area contributed by atoms with Gasteiger partial charge in [-0.15, -0.1) is 16.4 Å². The molecule has 0 N–H and O–H groups in total. The summed E-state index contributed by atoms with van der Waals surface area (Å²) in [6.45, 7) is 0. The number of hydrogen-bond acceptors (Lipinski definition) is 2. The summed E-state index contributed by atoms with van der Waals surface area (Å²) < 4.78 is 2.43. The fraction of sp³-hybridized carbons (Fsp3) is 0. The van der Waals surface area contributed by atoms with Gasteiger partial charge in [0.1, 0.15) is 45.1 Å². The number of aromatic nitrogens is 3. The zero-order valence-electron chi connectivity index (χ0n) is 26.9. The summed E-state index contributed by atoms with van der Waals surface area (Å²) >= 11 is 0. The Morgan fingerprint density at radius 1 is 0.457 bits per heavy atom. The van der Waals surface area contributed by atoms with Gasteiger partial charge in [0.15, 0.2) is 0 Å². The standard InChI is InChI=1S/C38H30B5N3/c39-32-31(33(40)35(42)36(43)34(32)41)38-45-28-18-7-8-19-29(28)46(38)37-25-15-5-3-13-23(25)30(24-14-4-6-16-26(24)37)22-12-2-1-11-21(22)27-17-9-10-20-44-27/h1-20H,39-43H2. The molecule has 8 heteroatoms. The van der Waals surface area contributed by atoms with E-state index in [0.29, 0.717) is 0 Å². The van der Waals surface area contributed by atoms with Crippen molar-refractivity contribution in [1.82, 2.24) is 14.5 Å². The number of benzene rings is 6. The molecule has 0 amide bonds. The minimum atomic E-state index is 0.967. The van der Waals surface area contributed by atoms with Crippen LogP contribution in [0.25, 0.3) is 72.0 Å². The molecule has 0 aliphatic heterocycles. The van der Waals surface area contributed by atoms with Crippen LogP contribution in [-0.4, -0.2) is 53.8 Å². The van der Waals surface area contributed by atoms with Gasteiger partial charge in [-0.05, 0) is 46.2 Å². The SMILES string of the molecule is Bc1c(B)c(B)c(-c2nc3ccccc3n2-c2c3ccccc3c(-c3ccccc3-c3ccccn3)c3ccccc23)c(B)c1B. The third kappa shape index (κ3) is 4.20. The zero-order chi connectivity index (χ0) is 31.5. The molecule has 0 aliphatic carbocycles. The summed E-state index contributed by atoms with van der Waals surface area (Å²) in [6, 6.07) is 41.0. The van der Waals surface area contributed by atoms with Gasteiger partial charge in [0.2, 0.25) is 0 Å². The number of para-hydroxylation sites is 2. The maximum atomic E-state index is 5.40. The van der Waals surface area contributed by atoms with Crippen molar-refractivity contribution in [2.45, 2.75) is 0 Å². The van der Waals surface area contributed by atoms with Gasteiger partial charge in [-0.1, -0.05) is 102 Å². The highest BCUT2D eigenvalue weighted by atomic mass is 15.1. The summed E-state index contributed by atoms with van der Waals surface area (Å²) in [6.07, 6.45) is 1.87. The van der Waals surface area contributed by atoms with Gasteiger partial charge < -0.3 is 0 Å². The Kier molecular flexibility index (Phi) is 6.76. The molecule has 0 unspecified atom stereocenters. The average Bonchev–Trinajstić information content (AvgIpc) is 3.47. The van der Waals surface area contributed by atoms with Crippen molar-refractivity contribution in [3.63, 3.8) is 0 Å². The molecule has 0 atom stereocenters. The first kappa shape index (κ1) is 28.3. The van der Waals surface area contributed by atoms with E-state index in [0.717, 1.165) is 33.8 Å². The first-order valence-corrected chi connectivity index (χ1v) is 15.9. The summed E-state index contributed by atoms with van der Waals surface area (Å²) in [5.74, 6) is 0.986. The second-order valence-corrected chi connectivity index (χ2v) is 12.3. The maximum Gasteiger partial charge on any atom is 0.144 e. The van der Waals surface area contributed by atoms with E-state index in [4.69, 9.17) is 9.97 Å². The summed E-state index contributed by atoms with van der Waals surface area (Å²) in [7, 11) is 11.2. The molecule has 0 saturated heterocycles. The second kappa shape index (κ2) is 11.0. The van der Waals surface area contributed by atoms with E-state index in [2.05, 4.69) is 153 Å². The van der Waals surface area contributed by atoms with Gasteiger partial charge >= 0.3 is 0 Å². The normalized spacial score (nSPS) is 11.5. The lowest BCUT2D eigenvalue weighted by atomic mass is 9.60. The molecular weight excluding hydrogens is 552 g/mol. The fourth-order valence-corrected chi connectivity index (χ4v) is 7.34. The number of pyridine rings is 1. The maximum absolute atomic E-state index is 5.40. The van der Waals surface area contributed by atoms with Crippen LogP contribution in [0.15, 0.2) is 121 Å². The third-order valence-electron chi connectivity index (χ3n) is 10.0. The molecule has 0 spiro atoms. The Bertz CT molecular complexity index is 2400. The molecule has 3 nitrogen and oxygen atoms in total. The van der Waals surface area contributed by atoms with Crippen LogP contribution in [0.3, 0.4) is 0 Å². The first-order valence-electron chi connectivity index (χ1n) is 15.9. The number of rotatable bonds is 4. The Balaban J connectivity index is 1.55. The van der Waals surface area contributed by atoms with Crippen molar-refractivity contribution < 1.29 is 0 Å². The molecule has 6 aromatic carbocycles. The van der Waals surface area contributed by atoms with Crippen LogP contribution in [0, 0.1) is 0 Å². The molecule has 212 valence electrons. The van der Waals surface area contributed by atoms with Crippen LogP contribution < -0.4 is 27.3 Å². The summed E-state index contributed by atoms with van der Waals surface area (Å²) in [5.41, 5.74) is 15.5. The highest BCUT2D eigenvalue weighted by molar-refractivity contribution is 6.68. The number of fused-ring (bicyclic) bond motifs is 3. The summed E-state index contributed by atoms with van der Waals surface area (Å²) in [4.78, 5) is 10.2. The van der Waals surface area contributed by atoms with Crippen LogP contribution >= 0.6 is 0 Å². The predicted molar refractivity (Wildman–Crippen MR) is 211 cm³/mol. The Morgan fingerprint density at radius 3 is 1.61 bits per heavy atom. The quantitative estimate of drug-likeness (QED) is 0.229. The van der Waals surface area contributed by atoms with E-state index in [1.165, 1.54) is 65.5 Å². The van der Waals surface area contributed by atoms with Gasteiger partial charge in [0.05, 0.1) is 22.4 Å². The summed E-state index contributed by atoms with van der Waals surface area (Å²) in [5, 5.41) is 4.78. The molecule has 8 rings (SSSR count). The van der Waals surface area contributed by atoms with Crippen molar-refractivity contribution in [3.8, 4) is 39.5 Å². The lowest BCUT2D eigenvalue weighted by molar-refractivity contribution is 1.13. The van der Waals surface area contributed by atoms with Crippen molar-refractivity contribution in [3.05, 3.63) is 121 Å². The van der Waals surface area contributed by atoms with Gasteiger partial charge in [-0.2, -0.15) is 0 Å². The lowest BCUT2D eigenvalue weighted by Crippen LogP contribution is -2.55. The smallest absolute Gasteiger partial charge is 0.144 e. The molecule has 46 heavy (non-hydrogen) atoms. The monoisotopic (exact) mass is 583 g/mol. The van der Waals surface area contributed by atoms with Gasteiger partial charge in [0.25, 0.3) is 0 Å². The van der Waals surface area contributed by atoms with E-state index >= 15 is 0 Å². The van der Waals surface area contributed by atoms with E-state index < -0.39 is 0 Å². The lowest BCUT2D eigenvalue weighted by Gasteiger charge is -2.23. The van der Waals surface area contributed by atoms with Crippen molar-refractivity contribution in [2.24, 2.45) is 0 Å². The van der Waals surface area contributed by atoms with Crippen molar-refractivity contribution >= 4 is 99.1 Å². The first-order chi connectivity index (χ1) is 22.5. The Labute approximate surface area is 273 Å². The van der Waals surface area contributed by atoms with Crippen LogP contribution in [-0.2, 0) is 0 Å². The number of nitrogens with zero attached hydrogens (tertiary/aromatic N) is 3. The molecule has 8 aromatic rings. The number of hydrogen-bond donors (Lipinski definition) is 0. The van der Waals surface area contributed by atoms with E-state index in [1.54, 1.807) is 0 Å². The molecule has 0 aliphatic rings. The van der Waals surface area contributed by atoms with Crippen LogP contribution in [0.2, 0.25) is 0 Å². The molecule has 2 aromatic heterocycles. The zero-order valence-corrected chi connectivity index (χ0v) is 26.9. The second-order valence-electron chi connectivity index (χ2n) is 12.3. The minimum Gasteiger partial charge on any atom is -0.291 e. The van der Waals surface area contributed by atoms with E-state index in [9.17, 15) is 0 Å². The molecule has 0 radical (unpaired) electrons. The van der Waals surface area contributed by atoms with Gasteiger partial charge in [-0.25, -0.2) is 4.98 Å². The van der Waals surface area contributed by atoms with Crippen LogP contribution in [0.1, 0.15) is 0 Å². The fourth-order valence-electron chi connectivity index (χ4n) is 7.34. The van der Waals surface area contributed by atoms with E-state index in [-0.39, 0.29) is 0 Å². The van der Waals surface area contributed by atoms with E-state index in [1.807, 2.05) is 12.3 Å². The average molecular weight is 583 g/mol. The number of imidazole rings is 1. The minimum absolute atomic E-state index is 0.967. The van der Waals surface area contributed by atoms with Crippen LogP contribution in [0.4, 0.5) is 0 Å². The molecule has 0 saturated carbocycles. The molecular formula is C38H30B5N3. The Morgan fingerprint density at radius 2 is 0.978 bits per heavy atom. The molecule has 0 bridgehead atoms. The Hall–Kier alpha value is -5.22. The third-order valence-corrected chi connectivity index (χ3v) is 10.0. The predicted octanol–water partition coefficient (Wildman–Crippen LogP) is 1.02. The highest BCUT2D eigenvalue weighted by Crippen LogP contribution is 2.45. The largest absolute Gasteiger partial charge is 0.291 e. The van der Waals surface area contributed by atoms with Gasteiger partial charge in [-0.3, -0.25) is 9.55 Å². The van der Waals surface area contributed by atoms with Crippen molar-refractivity contribution in [1.29, 1.82) is 0 Å². The highest BCUT2D eigenvalue weighted by Gasteiger charge is 2.25.